The molecule has 282 valence electrons. The van der Waals surface area contributed by atoms with E-state index in [4.69, 9.17) is 16.2 Å². The lowest BCUT2D eigenvalue weighted by Crippen LogP contribution is -2.54. The van der Waals surface area contributed by atoms with E-state index in [9.17, 15) is 15.0 Å². The Morgan fingerprint density at radius 3 is 1.26 bits per heavy atom. The van der Waals surface area contributed by atoms with Crippen LogP contribution in [0.4, 0.5) is 0 Å². The number of hydrogen-bond donors (Lipinski definition) is 6. The van der Waals surface area contributed by atoms with Gasteiger partial charge in [0.15, 0.2) is 0 Å². The van der Waals surface area contributed by atoms with Gasteiger partial charge in [-0.3, -0.25) is 4.79 Å². The minimum absolute atomic E-state index is 0.0833. The third-order valence-electron chi connectivity index (χ3n) is 9.74. The molecule has 0 saturated carbocycles. The van der Waals surface area contributed by atoms with Crippen molar-refractivity contribution in [2.75, 3.05) is 33.3 Å². The Labute approximate surface area is 291 Å². The van der Waals surface area contributed by atoms with Gasteiger partial charge in [0.1, 0.15) is 0 Å². The minimum atomic E-state index is -0.797. The summed E-state index contributed by atoms with van der Waals surface area (Å²) in [6.45, 7) is 5.60. The summed E-state index contributed by atoms with van der Waals surface area (Å²) in [5.41, 5.74) is 11.2. The summed E-state index contributed by atoms with van der Waals surface area (Å²) >= 11 is 0. The number of nitrogens with two attached hydrogens (primary N) is 2. The molecule has 0 aliphatic heterocycles. The molecule has 0 rings (SSSR count). The third kappa shape index (κ3) is 29.8. The molecule has 0 amide bonds. The second kappa shape index (κ2) is 36.5. The van der Waals surface area contributed by atoms with Crippen LogP contribution in [0, 0.1) is 0 Å². The van der Waals surface area contributed by atoms with E-state index in [1.54, 1.807) is 0 Å². The molecule has 8 heteroatoms. The van der Waals surface area contributed by atoms with Gasteiger partial charge in [0.05, 0.1) is 19.3 Å². The number of esters is 1. The van der Waals surface area contributed by atoms with E-state index >= 15 is 0 Å². The molecule has 0 aromatic heterocycles. The summed E-state index contributed by atoms with van der Waals surface area (Å²) in [5, 5.41) is 30.4. The van der Waals surface area contributed by atoms with Gasteiger partial charge in [0.25, 0.3) is 0 Å². The van der Waals surface area contributed by atoms with Crippen LogP contribution in [0.2, 0.25) is 0 Å². The molecule has 0 aliphatic rings. The number of aliphatic hydroxyl groups is 2. The number of rotatable bonds is 38. The zero-order valence-electron chi connectivity index (χ0n) is 31.3. The van der Waals surface area contributed by atoms with Crippen LogP contribution in [-0.4, -0.2) is 73.8 Å². The first-order valence-electron chi connectivity index (χ1n) is 20.3. The number of carbonyl (C=O) groups is 1. The molecular formula is C39H82N4O4. The molecule has 0 radical (unpaired) electrons. The number of hydrogen-bond acceptors (Lipinski definition) is 8. The Kier molecular flexibility index (Phi) is 35.9. The molecule has 8 N–H and O–H groups in total. The maximum absolute atomic E-state index is 11.6. The molecule has 0 spiro atoms. The Hall–Kier alpha value is -0.770. The van der Waals surface area contributed by atoms with Crippen LogP contribution in [-0.2, 0) is 9.53 Å². The van der Waals surface area contributed by atoms with Crippen molar-refractivity contribution in [3.63, 3.8) is 0 Å². The minimum Gasteiger partial charge on any atom is -0.469 e. The van der Waals surface area contributed by atoms with E-state index in [2.05, 4.69) is 17.6 Å². The third-order valence-corrected chi connectivity index (χ3v) is 9.74. The van der Waals surface area contributed by atoms with E-state index in [1.165, 1.54) is 103 Å². The van der Waals surface area contributed by atoms with Gasteiger partial charge in [-0.1, -0.05) is 135 Å². The SMILES string of the molecule is CCCCCCC(NCCCCCCCCCCN)C(O)C(O)C(CCCCCCCC(=O)OC)NCCCCCCCCCCN. The lowest BCUT2D eigenvalue weighted by Gasteiger charge is -2.33. The Morgan fingerprint density at radius 1 is 0.532 bits per heavy atom. The van der Waals surface area contributed by atoms with Crippen molar-refractivity contribution in [2.45, 2.75) is 211 Å². The van der Waals surface area contributed by atoms with E-state index in [-0.39, 0.29) is 18.1 Å². The second-order valence-corrected chi connectivity index (χ2v) is 14.1. The van der Waals surface area contributed by atoms with E-state index in [1.807, 2.05) is 0 Å². The maximum atomic E-state index is 11.6. The molecule has 0 saturated heterocycles. The quantitative estimate of drug-likeness (QED) is 0.0290. The number of methoxy groups -OCH3 is 1. The number of unbranched alkanes of at least 4 members (excludes halogenated alkanes) is 21. The van der Waals surface area contributed by atoms with Crippen LogP contribution in [0.1, 0.15) is 187 Å². The number of nitrogens with one attached hydrogen (secondary N) is 2. The Morgan fingerprint density at radius 2 is 0.872 bits per heavy atom. The van der Waals surface area contributed by atoms with Gasteiger partial charge >= 0.3 is 5.97 Å². The van der Waals surface area contributed by atoms with Crippen LogP contribution in [0.15, 0.2) is 0 Å². The molecule has 0 aromatic carbocycles. The van der Waals surface area contributed by atoms with Gasteiger partial charge in [0.2, 0.25) is 0 Å². The molecule has 0 heterocycles. The molecule has 47 heavy (non-hydrogen) atoms. The van der Waals surface area contributed by atoms with Crippen molar-refractivity contribution in [3.05, 3.63) is 0 Å². The average Bonchev–Trinajstić information content (AvgIpc) is 3.08. The van der Waals surface area contributed by atoms with E-state index in [0.29, 0.717) is 6.42 Å². The van der Waals surface area contributed by atoms with Crippen LogP contribution in [0.5, 0.6) is 0 Å². The van der Waals surface area contributed by atoms with Crippen molar-refractivity contribution >= 4 is 5.97 Å². The van der Waals surface area contributed by atoms with Gasteiger partial charge < -0.3 is 37.1 Å². The fourth-order valence-corrected chi connectivity index (χ4v) is 6.56. The number of carbonyl (C=O) groups excluding carboxylic acids is 1. The average molecular weight is 671 g/mol. The summed E-state index contributed by atoms with van der Waals surface area (Å²) in [6, 6.07) is -0.199. The monoisotopic (exact) mass is 671 g/mol. The first-order valence-corrected chi connectivity index (χ1v) is 20.3. The number of ether oxygens (including phenoxy) is 1. The highest BCUT2D eigenvalue weighted by atomic mass is 16.5. The van der Waals surface area contributed by atoms with Crippen LogP contribution >= 0.6 is 0 Å². The van der Waals surface area contributed by atoms with Gasteiger partial charge in [-0.25, -0.2) is 0 Å². The largest absolute Gasteiger partial charge is 0.469 e. The summed E-state index contributed by atoms with van der Waals surface area (Å²) in [6.07, 6.45) is 30.0. The molecule has 8 nitrogen and oxygen atoms in total. The van der Waals surface area contributed by atoms with Crippen LogP contribution in [0.25, 0.3) is 0 Å². The Bertz CT molecular complexity index is 642. The normalized spacial score (nSPS) is 14.3. The highest BCUT2D eigenvalue weighted by molar-refractivity contribution is 5.68. The standard InChI is InChI=1S/C39H82N4O4/c1-3-4-5-21-28-35(42-33-26-19-12-8-6-10-17-24-31-40)38(45)39(46)36(29-22-15-14-16-23-30-37(44)47-2)43-34-27-20-13-9-7-11-18-25-32-41/h35-36,38-39,42-43,45-46H,3-34,40-41H2,1-2H3. The van der Waals surface area contributed by atoms with E-state index in [0.717, 1.165) is 103 Å². The molecule has 0 aliphatic carbocycles. The van der Waals surface area contributed by atoms with E-state index < -0.39 is 12.2 Å². The highest BCUT2D eigenvalue weighted by Crippen LogP contribution is 2.18. The molecule has 4 unspecified atom stereocenters. The van der Waals surface area contributed by atoms with Crippen molar-refractivity contribution in [2.24, 2.45) is 11.5 Å². The topological polar surface area (TPSA) is 143 Å². The van der Waals surface area contributed by atoms with Gasteiger partial charge in [-0.2, -0.15) is 0 Å². The van der Waals surface area contributed by atoms with Crippen LogP contribution < -0.4 is 22.1 Å². The zero-order chi connectivity index (χ0) is 34.6. The van der Waals surface area contributed by atoms with Crippen LogP contribution in [0.3, 0.4) is 0 Å². The van der Waals surface area contributed by atoms with Crippen molar-refractivity contribution < 1.29 is 19.7 Å². The lowest BCUT2D eigenvalue weighted by molar-refractivity contribution is -0.140. The summed E-state index contributed by atoms with van der Waals surface area (Å²) in [4.78, 5) is 11.4. The zero-order valence-corrected chi connectivity index (χ0v) is 31.3. The predicted octanol–water partition coefficient (Wildman–Crippen LogP) is 7.66. The molecule has 0 aromatic rings. The first-order chi connectivity index (χ1) is 23.0. The van der Waals surface area contributed by atoms with Gasteiger partial charge in [-0.05, 0) is 71.1 Å². The highest BCUT2D eigenvalue weighted by Gasteiger charge is 2.31. The molecule has 4 atom stereocenters. The molecule has 0 fully saturated rings. The summed E-state index contributed by atoms with van der Waals surface area (Å²) in [7, 11) is 1.44. The van der Waals surface area contributed by atoms with Gasteiger partial charge in [-0.15, -0.1) is 0 Å². The Balaban J connectivity index is 4.88. The lowest BCUT2D eigenvalue weighted by atomic mass is 9.91. The van der Waals surface area contributed by atoms with Crippen molar-refractivity contribution in [3.8, 4) is 0 Å². The van der Waals surface area contributed by atoms with Crippen molar-refractivity contribution in [1.29, 1.82) is 0 Å². The second-order valence-electron chi connectivity index (χ2n) is 14.1. The fourth-order valence-electron chi connectivity index (χ4n) is 6.56. The smallest absolute Gasteiger partial charge is 0.305 e. The molecular weight excluding hydrogens is 588 g/mol. The maximum Gasteiger partial charge on any atom is 0.305 e. The first kappa shape index (κ1) is 46.2. The molecule has 0 bridgehead atoms. The summed E-state index contributed by atoms with van der Waals surface area (Å²) in [5.74, 6) is -0.134. The summed E-state index contributed by atoms with van der Waals surface area (Å²) < 4.78 is 4.75. The predicted molar refractivity (Wildman–Crippen MR) is 201 cm³/mol. The van der Waals surface area contributed by atoms with Gasteiger partial charge in [0, 0.05) is 18.5 Å². The fraction of sp³-hybridized carbons (Fsp3) is 0.974. The number of aliphatic hydroxyl groups excluding tert-OH is 2. The van der Waals surface area contributed by atoms with Crippen molar-refractivity contribution in [1.82, 2.24) is 10.6 Å².